The first-order chi connectivity index (χ1) is 3.18. The number of nitrogens with two attached hydrogens (primary N) is 1. The van der Waals surface area contributed by atoms with Gasteiger partial charge in [-0.15, -0.1) is 0 Å². The van der Waals surface area contributed by atoms with Crippen LogP contribution < -0.4 is 5.73 Å². The summed E-state index contributed by atoms with van der Waals surface area (Å²) in [6.45, 7) is 4.85. The van der Waals surface area contributed by atoms with Crippen LogP contribution in [0.3, 0.4) is 0 Å². The van der Waals surface area contributed by atoms with Gasteiger partial charge in [-0.1, -0.05) is 6.58 Å². The highest BCUT2D eigenvalue weighted by atomic mass is 16.3. The minimum atomic E-state index is 0.120. The Kier molecular flexibility index (Phi) is 1.99. The van der Waals surface area contributed by atoms with Crippen LogP contribution in [0, 0.1) is 0 Å². The molecular weight excluding hydrogens is 90.1 g/mol. The van der Waals surface area contributed by atoms with E-state index in [2.05, 4.69) is 6.58 Å². The van der Waals surface area contributed by atoms with Gasteiger partial charge in [-0.25, -0.2) is 0 Å². The van der Waals surface area contributed by atoms with Crippen molar-refractivity contribution >= 4 is 0 Å². The second kappa shape index (κ2) is 2.29. The molecular formula is C5H9NO. The number of rotatable bonds is 1. The van der Waals surface area contributed by atoms with Crippen LogP contribution in [-0.2, 0) is 0 Å². The Bertz CT molecular complexity index is 101. The Morgan fingerprint density at radius 2 is 2.29 bits per heavy atom. The van der Waals surface area contributed by atoms with E-state index in [9.17, 15) is 0 Å². The maximum Gasteiger partial charge on any atom is 0.112 e. The average Bonchev–Trinajstić information content (AvgIpc) is 1.65. The molecule has 0 radical (unpaired) electrons. The van der Waals surface area contributed by atoms with E-state index in [4.69, 9.17) is 10.8 Å². The Hall–Kier alpha value is -0.920. The molecule has 3 N–H and O–H groups in total. The maximum absolute atomic E-state index is 8.50. The van der Waals surface area contributed by atoms with Gasteiger partial charge in [-0.3, -0.25) is 0 Å². The summed E-state index contributed by atoms with van der Waals surface area (Å²) in [5.74, 6) is 0.120. The molecule has 7 heavy (non-hydrogen) atoms. The van der Waals surface area contributed by atoms with Gasteiger partial charge in [-0.05, 0) is 13.0 Å². The molecule has 0 aliphatic rings. The molecule has 0 saturated carbocycles. The first-order valence-electron chi connectivity index (χ1n) is 1.96. The van der Waals surface area contributed by atoms with Crippen LogP contribution >= 0.6 is 0 Å². The molecule has 0 bridgehead atoms. The molecule has 40 valence electrons. The molecule has 0 atom stereocenters. The molecule has 0 fully saturated rings. The van der Waals surface area contributed by atoms with Gasteiger partial charge in [0.1, 0.15) is 5.76 Å². The van der Waals surface area contributed by atoms with Crippen molar-refractivity contribution in [2.24, 2.45) is 5.73 Å². The monoisotopic (exact) mass is 99.1 g/mol. The van der Waals surface area contributed by atoms with E-state index in [1.54, 1.807) is 0 Å². The predicted octanol–water partition coefficient (Wildman–Crippen LogP) is 0.921. The molecule has 0 unspecified atom stereocenters. The van der Waals surface area contributed by atoms with Crippen LogP contribution in [0.2, 0.25) is 0 Å². The van der Waals surface area contributed by atoms with Crippen molar-refractivity contribution in [1.29, 1.82) is 0 Å². The fourth-order valence-electron chi connectivity index (χ4n) is 0.148. The van der Waals surface area contributed by atoms with Gasteiger partial charge in [0, 0.05) is 0 Å². The molecule has 0 aliphatic carbocycles. The first kappa shape index (κ1) is 6.08. The number of hydrogen-bond acceptors (Lipinski definition) is 2. The van der Waals surface area contributed by atoms with E-state index in [0.29, 0.717) is 5.70 Å². The summed E-state index contributed by atoms with van der Waals surface area (Å²) in [5.41, 5.74) is 5.46. The van der Waals surface area contributed by atoms with Crippen molar-refractivity contribution in [2.45, 2.75) is 6.92 Å². The number of allylic oxidation sites excluding steroid dienone is 2. The van der Waals surface area contributed by atoms with E-state index < -0.39 is 0 Å². The molecule has 0 spiro atoms. The lowest BCUT2D eigenvalue weighted by molar-refractivity contribution is 0.408. The molecule has 0 aromatic rings. The summed E-state index contributed by atoms with van der Waals surface area (Å²) in [5, 5.41) is 8.50. The molecule has 0 aromatic carbocycles. The van der Waals surface area contributed by atoms with Crippen LogP contribution in [0.25, 0.3) is 0 Å². The lowest BCUT2D eigenvalue weighted by Crippen LogP contribution is -1.95. The van der Waals surface area contributed by atoms with Crippen LogP contribution in [0.1, 0.15) is 6.92 Å². The zero-order valence-corrected chi connectivity index (χ0v) is 4.31. The highest BCUT2D eigenvalue weighted by Gasteiger charge is 1.83. The van der Waals surface area contributed by atoms with Crippen molar-refractivity contribution in [1.82, 2.24) is 0 Å². The van der Waals surface area contributed by atoms with E-state index in [1.807, 2.05) is 0 Å². The Balaban J connectivity index is 3.98. The summed E-state index contributed by atoms with van der Waals surface area (Å²) in [6, 6.07) is 0. The van der Waals surface area contributed by atoms with Crippen molar-refractivity contribution < 1.29 is 5.11 Å². The Labute approximate surface area is 43.0 Å². The normalized spacial score (nSPS) is 12.7. The molecule has 0 aromatic heterocycles. The lowest BCUT2D eigenvalue weighted by Gasteiger charge is -1.89. The summed E-state index contributed by atoms with van der Waals surface area (Å²) < 4.78 is 0. The fourth-order valence-corrected chi connectivity index (χ4v) is 0.148. The van der Waals surface area contributed by atoms with Crippen LogP contribution in [-0.4, -0.2) is 5.11 Å². The third-order valence-electron chi connectivity index (χ3n) is 0.638. The van der Waals surface area contributed by atoms with Gasteiger partial charge in [-0.2, -0.15) is 0 Å². The van der Waals surface area contributed by atoms with Gasteiger partial charge in [0.05, 0.1) is 5.70 Å². The van der Waals surface area contributed by atoms with Crippen LogP contribution in [0.15, 0.2) is 24.1 Å². The number of hydrogen-bond donors (Lipinski definition) is 2. The van der Waals surface area contributed by atoms with E-state index in [1.165, 1.54) is 13.0 Å². The quantitative estimate of drug-likeness (QED) is 0.379. The number of aliphatic hydroxyl groups excluding tert-OH is 1. The Morgan fingerprint density at radius 1 is 1.86 bits per heavy atom. The highest BCUT2D eigenvalue weighted by Crippen LogP contribution is 1.90. The van der Waals surface area contributed by atoms with Crippen molar-refractivity contribution in [2.75, 3.05) is 0 Å². The summed E-state index contributed by atoms with van der Waals surface area (Å²) in [6.07, 6.45) is 1.40. The second-order valence-corrected chi connectivity index (χ2v) is 1.24. The summed E-state index contributed by atoms with van der Waals surface area (Å²) >= 11 is 0. The third-order valence-corrected chi connectivity index (χ3v) is 0.638. The van der Waals surface area contributed by atoms with Gasteiger partial charge in [0.15, 0.2) is 0 Å². The smallest absolute Gasteiger partial charge is 0.112 e. The molecule has 2 heteroatoms. The molecule has 0 heterocycles. The van der Waals surface area contributed by atoms with Crippen LogP contribution in [0.4, 0.5) is 0 Å². The average molecular weight is 99.1 g/mol. The second-order valence-electron chi connectivity index (χ2n) is 1.24. The zero-order valence-electron chi connectivity index (χ0n) is 4.31. The van der Waals surface area contributed by atoms with E-state index in [0.717, 1.165) is 0 Å². The zero-order chi connectivity index (χ0) is 5.86. The van der Waals surface area contributed by atoms with E-state index >= 15 is 0 Å². The SMILES string of the molecule is C=C/C(N)=C(\C)O. The van der Waals surface area contributed by atoms with Gasteiger partial charge in [0.2, 0.25) is 0 Å². The molecule has 0 aliphatic heterocycles. The molecule has 2 nitrogen and oxygen atoms in total. The summed E-state index contributed by atoms with van der Waals surface area (Å²) in [7, 11) is 0. The van der Waals surface area contributed by atoms with Gasteiger partial charge >= 0.3 is 0 Å². The topological polar surface area (TPSA) is 46.2 Å². The van der Waals surface area contributed by atoms with E-state index in [-0.39, 0.29) is 5.76 Å². The predicted molar refractivity (Wildman–Crippen MR) is 29.7 cm³/mol. The lowest BCUT2D eigenvalue weighted by atomic mass is 10.4. The highest BCUT2D eigenvalue weighted by molar-refractivity contribution is 5.13. The minimum Gasteiger partial charge on any atom is -0.510 e. The van der Waals surface area contributed by atoms with Crippen molar-refractivity contribution in [3.05, 3.63) is 24.1 Å². The minimum absolute atomic E-state index is 0.120. The van der Waals surface area contributed by atoms with Gasteiger partial charge in [0.25, 0.3) is 0 Å². The van der Waals surface area contributed by atoms with Gasteiger partial charge < -0.3 is 10.8 Å². The largest absolute Gasteiger partial charge is 0.510 e. The first-order valence-corrected chi connectivity index (χ1v) is 1.96. The fraction of sp³-hybridized carbons (Fsp3) is 0.200. The molecule has 0 saturated heterocycles. The maximum atomic E-state index is 8.50. The molecule has 0 amide bonds. The van der Waals surface area contributed by atoms with Crippen molar-refractivity contribution in [3.8, 4) is 0 Å². The standard InChI is InChI=1S/C5H9NO/c1-3-5(6)4(2)7/h3,7H,1,6H2,2H3/b5-4-. The molecule has 0 rings (SSSR count). The van der Waals surface area contributed by atoms with Crippen molar-refractivity contribution in [3.63, 3.8) is 0 Å². The van der Waals surface area contributed by atoms with Crippen LogP contribution in [0.5, 0.6) is 0 Å². The third kappa shape index (κ3) is 1.87. The summed E-state index contributed by atoms with van der Waals surface area (Å²) in [4.78, 5) is 0. The number of aliphatic hydroxyl groups is 1. The Morgan fingerprint density at radius 3 is 2.29 bits per heavy atom.